The Kier molecular flexibility index (Phi) is 42.9. The molecule has 0 spiro atoms. The second-order valence-corrected chi connectivity index (χ2v) is 10.0. The van der Waals surface area contributed by atoms with E-state index in [9.17, 15) is 13.2 Å². The molecular formula is C26H56Na2O5S. The van der Waals surface area contributed by atoms with Gasteiger partial charge in [0.1, 0.15) is 0 Å². The Hall–Kier alpha value is 1.38. The minimum Gasteiger partial charge on any atom is -1.00 e. The molecule has 0 fully saturated rings. The van der Waals surface area contributed by atoms with Gasteiger partial charge in [-0.15, -0.1) is 0 Å². The van der Waals surface area contributed by atoms with Gasteiger partial charge in [-0.25, -0.2) is 0 Å². The quantitative estimate of drug-likeness (QED) is 0.133. The van der Waals surface area contributed by atoms with Crippen LogP contribution in [0.3, 0.4) is 0 Å². The number of hydrogen-bond acceptors (Lipinski definition) is 4. The van der Waals surface area contributed by atoms with Crippen LogP contribution < -0.4 is 59.1 Å². The molecule has 0 atom stereocenters. The molecule has 5 nitrogen and oxygen atoms in total. The summed E-state index contributed by atoms with van der Waals surface area (Å²) in [5.74, 6) is -0.888. The Bertz CT molecular complexity index is 487. The molecule has 0 amide bonds. The van der Waals surface area contributed by atoms with Crippen LogP contribution in [0.1, 0.15) is 165 Å². The number of unbranched alkanes of at least 4 members (excludes halogenated alkanes) is 19. The molecule has 0 aromatic heterocycles. The standard InChI is InChI=1S/C14H30.C12H24O5S.2Na.2H/c1-3-5-7-9-11-13-14-12-10-8-6-4-2;1-2-3-4-5-6-7-8-9-10-11-12(13)17-18(14,15)16;;;;/h3-14H2,1-2H3;2-11H2,1H3,(H,14,15,16);;;;/q;;2*+1;2*-1. The molecule has 1 N–H and O–H groups in total. The summed E-state index contributed by atoms with van der Waals surface area (Å²) in [7, 11) is -4.63. The van der Waals surface area contributed by atoms with Gasteiger partial charge >= 0.3 is 75.5 Å². The van der Waals surface area contributed by atoms with Gasteiger partial charge in [-0.05, 0) is 6.42 Å². The van der Waals surface area contributed by atoms with Crippen molar-refractivity contribution >= 4 is 16.4 Å². The van der Waals surface area contributed by atoms with Crippen molar-refractivity contribution in [1.82, 2.24) is 0 Å². The van der Waals surface area contributed by atoms with E-state index in [-0.39, 0.29) is 68.4 Å². The molecule has 0 saturated heterocycles. The third-order valence-electron chi connectivity index (χ3n) is 5.64. The second kappa shape index (κ2) is 34.4. The molecule has 0 aliphatic carbocycles. The maximum atomic E-state index is 10.9. The van der Waals surface area contributed by atoms with Crippen molar-refractivity contribution in [3.63, 3.8) is 0 Å². The van der Waals surface area contributed by atoms with Crippen LogP contribution >= 0.6 is 0 Å². The van der Waals surface area contributed by atoms with Gasteiger partial charge in [-0.1, -0.05) is 149 Å². The normalized spacial score (nSPS) is 10.5. The molecule has 0 aliphatic rings. The summed E-state index contributed by atoms with van der Waals surface area (Å²) in [6.45, 7) is 6.76. The SMILES string of the molecule is CCCCCCCCCCCC(=O)OS(=O)(=O)O.CCCCCCCCCCCCCC.[H-].[H-].[Na+].[Na+]. The smallest absolute Gasteiger partial charge is 1.00 e. The number of hydrogen-bond donors (Lipinski definition) is 1. The zero-order valence-electron chi connectivity index (χ0n) is 25.5. The summed E-state index contributed by atoms with van der Waals surface area (Å²) >= 11 is 0. The van der Waals surface area contributed by atoms with Gasteiger partial charge in [0.25, 0.3) is 0 Å². The fourth-order valence-corrected chi connectivity index (χ4v) is 3.97. The first kappa shape index (κ1) is 42.5. The zero-order chi connectivity index (χ0) is 24.3. The van der Waals surface area contributed by atoms with Crippen LogP contribution in [0.15, 0.2) is 0 Å². The molecule has 0 aromatic carbocycles. The van der Waals surface area contributed by atoms with Crippen LogP contribution in [-0.2, 0) is 19.4 Å². The van der Waals surface area contributed by atoms with Gasteiger partial charge in [0, 0.05) is 6.42 Å². The first-order valence-corrected chi connectivity index (χ1v) is 14.9. The summed E-state index contributed by atoms with van der Waals surface area (Å²) in [4.78, 5) is 10.9. The van der Waals surface area contributed by atoms with Crippen molar-refractivity contribution in [2.75, 3.05) is 0 Å². The molecule has 0 unspecified atom stereocenters. The van der Waals surface area contributed by atoms with E-state index < -0.39 is 16.4 Å². The van der Waals surface area contributed by atoms with Crippen LogP contribution in [-0.4, -0.2) is 18.9 Å². The Balaban J connectivity index is -0.000000115. The van der Waals surface area contributed by atoms with E-state index in [0.29, 0.717) is 6.42 Å². The Morgan fingerprint density at radius 3 is 1.03 bits per heavy atom. The fourth-order valence-electron chi connectivity index (χ4n) is 3.65. The summed E-state index contributed by atoms with van der Waals surface area (Å²) in [5, 5.41) is 0. The molecule has 0 aliphatic heterocycles. The second-order valence-electron chi connectivity index (χ2n) is 9.00. The first-order valence-electron chi connectivity index (χ1n) is 13.6. The van der Waals surface area contributed by atoms with Gasteiger partial charge in [-0.2, -0.15) is 8.42 Å². The van der Waals surface area contributed by atoms with E-state index in [1.165, 1.54) is 109 Å². The molecule has 8 heteroatoms. The van der Waals surface area contributed by atoms with E-state index in [2.05, 4.69) is 25.0 Å². The average molecular weight is 527 g/mol. The molecule has 0 radical (unpaired) electrons. The summed E-state index contributed by atoms with van der Waals surface area (Å²) in [6, 6.07) is 0. The first-order chi connectivity index (χ1) is 15.4. The predicted octanol–water partition coefficient (Wildman–Crippen LogP) is 3.19. The van der Waals surface area contributed by atoms with Crippen molar-refractivity contribution in [3.8, 4) is 0 Å². The average Bonchev–Trinajstić information content (AvgIpc) is 2.73. The van der Waals surface area contributed by atoms with Crippen LogP contribution in [0.5, 0.6) is 0 Å². The van der Waals surface area contributed by atoms with Crippen molar-refractivity contribution in [3.05, 3.63) is 0 Å². The molecule has 0 bridgehead atoms. The zero-order valence-corrected chi connectivity index (χ0v) is 28.4. The molecule has 0 rings (SSSR count). The third kappa shape index (κ3) is 43.5. The third-order valence-corrected chi connectivity index (χ3v) is 6.04. The molecule has 0 heterocycles. The van der Waals surface area contributed by atoms with E-state index in [1.54, 1.807) is 0 Å². The van der Waals surface area contributed by atoms with Crippen LogP contribution in [0.25, 0.3) is 0 Å². The number of carbonyl (C=O) groups excluding carboxylic acids is 1. The van der Waals surface area contributed by atoms with Gasteiger partial charge in [-0.3, -0.25) is 9.35 Å². The Labute approximate surface area is 260 Å². The van der Waals surface area contributed by atoms with Gasteiger partial charge < -0.3 is 7.04 Å². The number of rotatable bonds is 22. The molecular weight excluding hydrogens is 470 g/mol. The largest absolute Gasteiger partial charge is 1.00 e. The van der Waals surface area contributed by atoms with E-state index in [0.717, 1.165) is 19.3 Å². The Morgan fingerprint density at radius 1 is 0.559 bits per heavy atom. The molecule has 0 aromatic rings. The minimum atomic E-state index is -4.63. The predicted molar refractivity (Wildman–Crippen MR) is 138 cm³/mol. The maximum absolute atomic E-state index is 10.9. The number of carbonyl (C=O) groups is 1. The monoisotopic (exact) mass is 526 g/mol. The molecule has 0 saturated carbocycles. The molecule has 198 valence electrons. The maximum Gasteiger partial charge on any atom is 1.00 e. The van der Waals surface area contributed by atoms with E-state index >= 15 is 0 Å². The van der Waals surface area contributed by atoms with Crippen LogP contribution in [0.4, 0.5) is 0 Å². The minimum absolute atomic E-state index is 0. The van der Waals surface area contributed by atoms with Crippen molar-refractivity contribution in [2.45, 2.75) is 162 Å². The topological polar surface area (TPSA) is 80.7 Å². The van der Waals surface area contributed by atoms with Gasteiger partial charge in [0.15, 0.2) is 0 Å². The molecule has 34 heavy (non-hydrogen) atoms. The van der Waals surface area contributed by atoms with Crippen molar-refractivity contribution < 1.29 is 83.9 Å². The van der Waals surface area contributed by atoms with Gasteiger partial charge in [0.05, 0.1) is 0 Å². The fraction of sp³-hybridized carbons (Fsp3) is 0.962. The summed E-state index contributed by atoms with van der Waals surface area (Å²) < 4.78 is 32.5. The Morgan fingerprint density at radius 2 is 0.794 bits per heavy atom. The van der Waals surface area contributed by atoms with E-state index in [4.69, 9.17) is 4.55 Å². The summed E-state index contributed by atoms with van der Waals surface area (Å²) in [6.07, 6.45) is 27.5. The van der Waals surface area contributed by atoms with Crippen LogP contribution in [0.2, 0.25) is 0 Å². The summed E-state index contributed by atoms with van der Waals surface area (Å²) in [5.41, 5.74) is 0. The van der Waals surface area contributed by atoms with Crippen LogP contribution in [0, 0.1) is 0 Å². The van der Waals surface area contributed by atoms with E-state index in [1.807, 2.05) is 0 Å². The van der Waals surface area contributed by atoms with Gasteiger partial charge in [0.2, 0.25) is 0 Å². The van der Waals surface area contributed by atoms with Crippen molar-refractivity contribution in [1.29, 1.82) is 0 Å². The van der Waals surface area contributed by atoms with Crippen molar-refractivity contribution in [2.24, 2.45) is 0 Å².